The second kappa shape index (κ2) is 7.65. The van der Waals surface area contributed by atoms with E-state index in [1.165, 1.54) is 12.0 Å². The Morgan fingerprint density at radius 3 is 2.62 bits per heavy atom. The molecule has 4 heterocycles. The zero-order valence-electron chi connectivity index (χ0n) is 16.9. The molecule has 4 atom stereocenters. The third kappa shape index (κ3) is 3.45. The van der Waals surface area contributed by atoms with Crippen LogP contribution in [0.15, 0.2) is 42.7 Å². The number of aromatic nitrogens is 2. The Morgan fingerprint density at radius 1 is 1.10 bits per heavy atom. The molecular weight excluding hydrogens is 364 g/mol. The Hall–Kier alpha value is -2.63. The van der Waals surface area contributed by atoms with E-state index in [4.69, 9.17) is 4.74 Å². The van der Waals surface area contributed by atoms with Crippen molar-refractivity contribution in [2.45, 2.75) is 44.2 Å². The van der Waals surface area contributed by atoms with Crippen LogP contribution in [-0.2, 0) is 11.2 Å². The largest absolute Gasteiger partial charge is 0.494 e. The van der Waals surface area contributed by atoms with Crippen LogP contribution < -0.4 is 9.64 Å². The molecule has 0 N–H and O–H groups in total. The SMILES string of the molecule is COc1cnc(N2C[C@H]3C[C@@H](C2)[C@H](Cc2ccccc2)N2C(=O)CCC[C@@H]32)nc1. The Labute approximate surface area is 171 Å². The summed E-state index contributed by atoms with van der Waals surface area (Å²) in [6.45, 7) is 1.83. The molecule has 3 aliphatic rings. The summed E-state index contributed by atoms with van der Waals surface area (Å²) >= 11 is 0. The van der Waals surface area contributed by atoms with E-state index in [1.807, 2.05) is 0 Å². The Bertz CT molecular complexity index is 857. The van der Waals surface area contributed by atoms with Gasteiger partial charge >= 0.3 is 0 Å². The van der Waals surface area contributed by atoms with E-state index in [9.17, 15) is 4.79 Å². The van der Waals surface area contributed by atoms with Gasteiger partial charge in [-0.25, -0.2) is 9.97 Å². The average Bonchev–Trinajstić information content (AvgIpc) is 2.77. The van der Waals surface area contributed by atoms with Crippen LogP contribution in [0.5, 0.6) is 5.75 Å². The van der Waals surface area contributed by atoms with Gasteiger partial charge in [0.05, 0.1) is 19.5 Å². The van der Waals surface area contributed by atoms with E-state index in [0.717, 1.165) is 38.3 Å². The molecule has 3 fully saturated rings. The minimum Gasteiger partial charge on any atom is -0.494 e. The van der Waals surface area contributed by atoms with Crippen molar-refractivity contribution in [3.05, 3.63) is 48.3 Å². The molecule has 0 saturated carbocycles. The standard InChI is InChI=1S/C23H28N4O2/c1-29-19-12-24-23(25-13-19)26-14-17-11-18(15-26)21(10-16-6-3-2-4-7-16)27-20(17)8-5-9-22(27)28/h2-4,6-7,12-13,17-18,20-21H,5,8-11,14-15H2,1H3/t17-,18+,20+,21+/m1/s1. The fraction of sp³-hybridized carbons (Fsp3) is 0.522. The molecule has 1 aromatic carbocycles. The lowest BCUT2D eigenvalue weighted by atomic mass is 9.71. The van der Waals surface area contributed by atoms with Gasteiger partial charge in [0.2, 0.25) is 11.9 Å². The first-order valence-electron chi connectivity index (χ1n) is 10.7. The van der Waals surface area contributed by atoms with E-state index in [0.29, 0.717) is 36.0 Å². The molecule has 0 aliphatic carbocycles. The highest BCUT2D eigenvalue weighted by molar-refractivity contribution is 5.78. The summed E-state index contributed by atoms with van der Waals surface area (Å²) in [5, 5.41) is 0. The first-order valence-corrected chi connectivity index (χ1v) is 10.7. The monoisotopic (exact) mass is 392 g/mol. The van der Waals surface area contributed by atoms with Gasteiger partial charge in [-0.2, -0.15) is 0 Å². The number of carbonyl (C=O) groups is 1. The number of fused-ring (bicyclic) bond motifs is 4. The molecule has 0 radical (unpaired) electrons. The molecule has 2 bridgehead atoms. The molecule has 1 amide bonds. The summed E-state index contributed by atoms with van der Waals surface area (Å²) in [4.78, 5) is 26.6. The maximum absolute atomic E-state index is 13.0. The molecule has 152 valence electrons. The molecule has 0 unspecified atom stereocenters. The van der Waals surface area contributed by atoms with Crippen molar-refractivity contribution in [2.75, 3.05) is 25.1 Å². The van der Waals surface area contributed by atoms with E-state index >= 15 is 0 Å². The predicted octanol–water partition coefficient (Wildman–Crippen LogP) is 2.93. The molecule has 1 aromatic heterocycles. The molecule has 3 aliphatic heterocycles. The number of piperidine rings is 3. The number of rotatable bonds is 4. The number of methoxy groups -OCH3 is 1. The average molecular weight is 393 g/mol. The van der Waals surface area contributed by atoms with E-state index in [2.05, 4.69) is 50.1 Å². The number of anilines is 1. The number of nitrogens with zero attached hydrogens (tertiary/aromatic N) is 4. The van der Waals surface area contributed by atoms with Crippen molar-refractivity contribution < 1.29 is 9.53 Å². The molecule has 5 rings (SSSR count). The minimum atomic E-state index is 0.257. The summed E-state index contributed by atoms with van der Waals surface area (Å²) in [6, 6.07) is 11.2. The van der Waals surface area contributed by atoms with Crippen LogP contribution in [0.2, 0.25) is 0 Å². The maximum Gasteiger partial charge on any atom is 0.225 e. The highest BCUT2D eigenvalue weighted by Crippen LogP contribution is 2.43. The second-order valence-corrected chi connectivity index (χ2v) is 8.60. The number of benzene rings is 1. The highest BCUT2D eigenvalue weighted by atomic mass is 16.5. The molecule has 6 nitrogen and oxygen atoms in total. The van der Waals surface area contributed by atoms with Gasteiger partial charge in [0.15, 0.2) is 5.75 Å². The van der Waals surface area contributed by atoms with Gasteiger partial charge in [-0.05, 0) is 43.1 Å². The van der Waals surface area contributed by atoms with E-state index in [1.54, 1.807) is 19.5 Å². The smallest absolute Gasteiger partial charge is 0.225 e. The molecule has 2 aromatic rings. The van der Waals surface area contributed by atoms with Crippen molar-refractivity contribution in [2.24, 2.45) is 11.8 Å². The van der Waals surface area contributed by atoms with Crippen molar-refractivity contribution in [3.63, 3.8) is 0 Å². The second-order valence-electron chi connectivity index (χ2n) is 8.60. The molecule has 6 heteroatoms. The lowest BCUT2D eigenvalue weighted by Gasteiger charge is -2.56. The number of carbonyl (C=O) groups excluding carboxylic acids is 1. The number of ether oxygens (including phenoxy) is 1. The quantitative estimate of drug-likeness (QED) is 0.801. The van der Waals surface area contributed by atoms with Crippen molar-refractivity contribution in [1.82, 2.24) is 14.9 Å². The van der Waals surface area contributed by atoms with Gasteiger partial charge in [0.25, 0.3) is 0 Å². The Morgan fingerprint density at radius 2 is 1.86 bits per heavy atom. The van der Waals surface area contributed by atoms with E-state index < -0.39 is 0 Å². The third-order valence-corrected chi connectivity index (χ3v) is 6.92. The summed E-state index contributed by atoms with van der Waals surface area (Å²) in [7, 11) is 1.63. The summed E-state index contributed by atoms with van der Waals surface area (Å²) in [5.41, 5.74) is 1.31. The fourth-order valence-electron chi connectivity index (χ4n) is 5.63. The predicted molar refractivity (Wildman–Crippen MR) is 111 cm³/mol. The van der Waals surface area contributed by atoms with Crippen molar-refractivity contribution in [3.8, 4) is 5.75 Å². The van der Waals surface area contributed by atoms with Gasteiger partial charge in [-0.1, -0.05) is 30.3 Å². The van der Waals surface area contributed by atoms with Crippen molar-refractivity contribution >= 4 is 11.9 Å². The topological polar surface area (TPSA) is 58.6 Å². The number of hydrogen-bond acceptors (Lipinski definition) is 5. The lowest BCUT2D eigenvalue weighted by molar-refractivity contribution is -0.148. The Balaban J connectivity index is 1.44. The van der Waals surface area contributed by atoms with Crippen molar-refractivity contribution in [1.29, 1.82) is 0 Å². The maximum atomic E-state index is 13.0. The van der Waals surface area contributed by atoms with E-state index in [-0.39, 0.29) is 6.04 Å². The van der Waals surface area contributed by atoms with Crippen LogP contribution in [-0.4, -0.2) is 53.1 Å². The number of amides is 1. The molecule has 0 spiro atoms. The van der Waals surface area contributed by atoms with Gasteiger partial charge < -0.3 is 14.5 Å². The summed E-state index contributed by atoms with van der Waals surface area (Å²) in [5.74, 6) is 2.74. The zero-order chi connectivity index (χ0) is 19.8. The zero-order valence-corrected chi connectivity index (χ0v) is 16.9. The first kappa shape index (κ1) is 18.4. The molecular formula is C23H28N4O2. The number of hydrogen-bond donors (Lipinski definition) is 0. The molecule has 3 saturated heterocycles. The van der Waals surface area contributed by atoms with Crippen LogP contribution in [0.3, 0.4) is 0 Å². The Kier molecular flexibility index (Phi) is 4.86. The van der Waals surface area contributed by atoms with Crippen LogP contribution in [0, 0.1) is 11.8 Å². The summed E-state index contributed by atoms with van der Waals surface area (Å²) < 4.78 is 5.21. The fourth-order valence-corrected chi connectivity index (χ4v) is 5.63. The third-order valence-electron chi connectivity index (χ3n) is 6.92. The van der Waals surface area contributed by atoms with Crippen LogP contribution >= 0.6 is 0 Å². The normalized spacial score (nSPS) is 28.8. The van der Waals surface area contributed by atoms with Gasteiger partial charge in [0, 0.05) is 31.6 Å². The van der Waals surface area contributed by atoms with Crippen LogP contribution in [0.1, 0.15) is 31.2 Å². The van der Waals surface area contributed by atoms with Gasteiger partial charge in [0.1, 0.15) is 0 Å². The van der Waals surface area contributed by atoms with Crippen LogP contribution in [0.25, 0.3) is 0 Å². The minimum absolute atomic E-state index is 0.257. The molecule has 29 heavy (non-hydrogen) atoms. The lowest BCUT2D eigenvalue weighted by Crippen LogP contribution is -2.65. The first-order chi connectivity index (χ1) is 14.2. The highest BCUT2D eigenvalue weighted by Gasteiger charge is 2.49. The van der Waals surface area contributed by atoms with Gasteiger partial charge in [-0.15, -0.1) is 0 Å². The van der Waals surface area contributed by atoms with Gasteiger partial charge in [-0.3, -0.25) is 4.79 Å². The summed E-state index contributed by atoms with van der Waals surface area (Å²) in [6.07, 6.45) is 8.43. The van der Waals surface area contributed by atoms with Crippen LogP contribution in [0.4, 0.5) is 5.95 Å².